The normalized spacial score (nSPS) is 15.1. The number of fused-ring (bicyclic) bond motifs is 3. The first-order valence-corrected chi connectivity index (χ1v) is 7.58. The molecule has 4 rings (SSSR count). The highest BCUT2D eigenvalue weighted by Gasteiger charge is 2.26. The van der Waals surface area contributed by atoms with Gasteiger partial charge in [0.15, 0.2) is 0 Å². The van der Waals surface area contributed by atoms with E-state index in [-0.39, 0.29) is 11.9 Å². The third kappa shape index (κ3) is 2.49. The van der Waals surface area contributed by atoms with Crippen LogP contribution >= 0.6 is 0 Å². The second kappa shape index (κ2) is 5.52. The van der Waals surface area contributed by atoms with Gasteiger partial charge in [-0.15, -0.1) is 0 Å². The van der Waals surface area contributed by atoms with Crippen molar-refractivity contribution >= 4 is 0 Å². The molecule has 2 nitrogen and oxygen atoms in total. The molecule has 1 aliphatic rings. The van der Waals surface area contributed by atoms with Crippen molar-refractivity contribution < 1.29 is 9.13 Å². The molecule has 0 saturated carbocycles. The van der Waals surface area contributed by atoms with Crippen LogP contribution in [0.5, 0.6) is 5.75 Å². The molecule has 0 aliphatic heterocycles. The zero-order chi connectivity index (χ0) is 15.8. The van der Waals surface area contributed by atoms with E-state index < -0.39 is 0 Å². The molecule has 0 fully saturated rings. The highest BCUT2D eigenvalue weighted by atomic mass is 19.1. The number of halogens is 1. The Morgan fingerprint density at radius 1 is 0.870 bits per heavy atom. The number of hydrogen-bond acceptors (Lipinski definition) is 2. The molecule has 3 aromatic rings. The van der Waals surface area contributed by atoms with Crippen molar-refractivity contribution in [2.45, 2.75) is 12.6 Å². The summed E-state index contributed by atoms with van der Waals surface area (Å²) in [7, 11) is 0. The highest BCUT2D eigenvalue weighted by Crippen LogP contribution is 2.43. The van der Waals surface area contributed by atoms with E-state index in [4.69, 9.17) is 10.5 Å². The molecule has 2 N–H and O–H groups in total. The van der Waals surface area contributed by atoms with Gasteiger partial charge in [0.1, 0.15) is 18.2 Å². The Balaban J connectivity index is 1.62. The molecule has 114 valence electrons. The van der Waals surface area contributed by atoms with E-state index in [1.54, 1.807) is 6.07 Å². The fraction of sp³-hybridized carbons (Fsp3) is 0.100. The van der Waals surface area contributed by atoms with Crippen LogP contribution < -0.4 is 10.5 Å². The van der Waals surface area contributed by atoms with E-state index in [0.29, 0.717) is 6.61 Å². The highest BCUT2D eigenvalue weighted by molar-refractivity contribution is 5.79. The molecule has 0 saturated heterocycles. The summed E-state index contributed by atoms with van der Waals surface area (Å²) in [6.07, 6.45) is 0. The van der Waals surface area contributed by atoms with Gasteiger partial charge in [0.25, 0.3) is 0 Å². The zero-order valence-electron chi connectivity index (χ0n) is 12.5. The van der Waals surface area contributed by atoms with Crippen LogP contribution in [0.25, 0.3) is 11.1 Å². The Morgan fingerprint density at radius 3 is 2.35 bits per heavy atom. The minimum absolute atomic E-state index is 0.257. The molecule has 0 amide bonds. The number of nitrogens with two attached hydrogens (primary N) is 1. The summed E-state index contributed by atoms with van der Waals surface area (Å²) in [5.41, 5.74) is 11.3. The quantitative estimate of drug-likeness (QED) is 0.776. The smallest absolute Gasteiger partial charge is 0.123 e. The number of hydrogen-bond donors (Lipinski definition) is 1. The summed E-state index contributed by atoms with van der Waals surface area (Å²) in [4.78, 5) is 0. The maximum atomic E-state index is 13.5. The lowest BCUT2D eigenvalue weighted by Gasteiger charge is -2.10. The van der Waals surface area contributed by atoms with E-state index in [0.717, 1.165) is 33.6 Å². The molecule has 0 heterocycles. The summed E-state index contributed by atoms with van der Waals surface area (Å²) in [6.45, 7) is 0.510. The minimum atomic E-state index is -0.309. The summed E-state index contributed by atoms with van der Waals surface area (Å²) in [5, 5.41) is 0. The second-order valence-electron chi connectivity index (χ2n) is 5.73. The van der Waals surface area contributed by atoms with Crippen molar-refractivity contribution in [3.63, 3.8) is 0 Å². The van der Waals surface area contributed by atoms with E-state index >= 15 is 0 Å². The van der Waals surface area contributed by atoms with Gasteiger partial charge in [0.2, 0.25) is 0 Å². The van der Waals surface area contributed by atoms with Gasteiger partial charge in [-0.25, -0.2) is 4.39 Å². The van der Waals surface area contributed by atoms with Crippen LogP contribution in [0.4, 0.5) is 4.39 Å². The molecule has 1 atom stereocenters. The van der Waals surface area contributed by atoms with Crippen LogP contribution in [0.2, 0.25) is 0 Å². The van der Waals surface area contributed by atoms with Gasteiger partial charge >= 0.3 is 0 Å². The fourth-order valence-corrected chi connectivity index (χ4v) is 3.08. The van der Waals surface area contributed by atoms with Crippen molar-refractivity contribution in [3.8, 4) is 16.9 Å². The van der Waals surface area contributed by atoms with Crippen LogP contribution in [0, 0.1) is 5.82 Å². The maximum absolute atomic E-state index is 13.5. The number of ether oxygens (including phenoxy) is 1. The van der Waals surface area contributed by atoms with Crippen molar-refractivity contribution in [1.82, 2.24) is 0 Å². The molecule has 3 heteroatoms. The number of rotatable bonds is 3. The standard InChI is InChI=1S/C20H16FNO/c21-14-6-8-16-17-9-7-15(11-19(17)20(22)18(16)10-14)23-12-13-4-2-1-3-5-13/h1-11,20H,12,22H2. The predicted molar refractivity (Wildman–Crippen MR) is 88.6 cm³/mol. The molecule has 1 unspecified atom stereocenters. The molecule has 0 spiro atoms. The SMILES string of the molecule is NC1c2cc(F)ccc2-c2ccc(OCc3ccccc3)cc21. The molecular formula is C20H16FNO. The first-order chi connectivity index (χ1) is 11.2. The maximum Gasteiger partial charge on any atom is 0.123 e. The van der Waals surface area contributed by atoms with Crippen molar-refractivity contribution in [2.24, 2.45) is 5.73 Å². The Bertz CT molecular complexity index is 861. The Kier molecular flexibility index (Phi) is 3.36. The molecule has 1 aliphatic carbocycles. The molecule has 0 aromatic heterocycles. The van der Waals surface area contributed by atoms with Crippen molar-refractivity contribution in [1.29, 1.82) is 0 Å². The van der Waals surface area contributed by atoms with Crippen LogP contribution in [0.3, 0.4) is 0 Å². The summed E-state index contributed by atoms with van der Waals surface area (Å²) in [5.74, 6) is 0.517. The van der Waals surface area contributed by atoms with Crippen molar-refractivity contribution in [3.05, 3.63) is 89.2 Å². The van der Waals surface area contributed by atoms with Crippen LogP contribution in [-0.2, 0) is 6.61 Å². The third-order valence-corrected chi connectivity index (χ3v) is 4.25. The fourth-order valence-electron chi connectivity index (χ4n) is 3.08. The second-order valence-corrected chi connectivity index (χ2v) is 5.73. The van der Waals surface area contributed by atoms with Gasteiger partial charge in [-0.1, -0.05) is 42.5 Å². The van der Waals surface area contributed by atoms with Crippen LogP contribution in [0.1, 0.15) is 22.7 Å². The average Bonchev–Trinajstić information content (AvgIpc) is 2.86. The van der Waals surface area contributed by atoms with Gasteiger partial charge in [0, 0.05) is 0 Å². The molecular weight excluding hydrogens is 289 g/mol. The van der Waals surface area contributed by atoms with Crippen LogP contribution in [-0.4, -0.2) is 0 Å². The van der Waals surface area contributed by atoms with E-state index in [1.165, 1.54) is 12.1 Å². The summed E-state index contributed by atoms with van der Waals surface area (Å²) >= 11 is 0. The topological polar surface area (TPSA) is 35.2 Å². The van der Waals surface area contributed by atoms with Crippen molar-refractivity contribution in [2.75, 3.05) is 0 Å². The monoisotopic (exact) mass is 305 g/mol. The van der Waals surface area contributed by atoms with Gasteiger partial charge in [0.05, 0.1) is 6.04 Å². The first-order valence-electron chi connectivity index (χ1n) is 7.58. The van der Waals surface area contributed by atoms with Gasteiger partial charge in [-0.05, 0) is 52.1 Å². The molecule has 3 aromatic carbocycles. The Morgan fingerprint density at radius 2 is 1.57 bits per heavy atom. The minimum Gasteiger partial charge on any atom is -0.489 e. The van der Waals surface area contributed by atoms with E-state index in [2.05, 4.69) is 0 Å². The molecule has 23 heavy (non-hydrogen) atoms. The lowest BCUT2D eigenvalue weighted by atomic mass is 10.1. The third-order valence-electron chi connectivity index (χ3n) is 4.25. The Labute approximate surface area is 134 Å². The average molecular weight is 305 g/mol. The lowest BCUT2D eigenvalue weighted by Crippen LogP contribution is -2.08. The summed E-state index contributed by atoms with van der Waals surface area (Å²) < 4.78 is 19.3. The first kappa shape index (κ1) is 14.0. The molecule has 0 bridgehead atoms. The van der Waals surface area contributed by atoms with E-state index in [9.17, 15) is 4.39 Å². The van der Waals surface area contributed by atoms with E-state index in [1.807, 2.05) is 48.5 Å². The zero-order valence-corrected chi connectivity index (χ0v) is 12.5. The lowest BCUT2D eigenvalue weighted by molar-refractivity contribution is 0.306. The number of benzene rings is 3. The Hall–Kier alpha value is -2.65. The van der Waals surface area contributed by atoms with Crippen LogP contribution in [0.15, 0.2) is 66.7 Å². The largest absolute Gasteiger partial charge is 0.489 e. The summed E-state index contributed by atoms with van der Waals surface area (Å²) in [6, 6.07) is 20.4. The van der Waals surface area contributed by atoms with Gasteiger partial charge in [-0.2, -0.15) is 0 Å². The van der Waals surface area contributed by atoms with Gasteiger partial charge in [-0.3, -0.25) is 0 Å². The molecule has 0 radical (unpaired) electrons. The predicted octanol–water partition coefficient (Wildman–Crippen LogP) is 4.43. The van der Waals surface area contributed by atoms with Gasteiger partial charge < -0.3 is 10.5 Å².